The number of rotatable bonds is 10. The molecule has 2 aromatic carbocycles. The molecule has 2 aromatic rings. The molecule has 0 saturated carbocycles. The highest BCUT2D eigenvalue weighted by atomic mass is 127. The highest BCUT2D eigenvalue weighted by Gasteiger charge is 2.25. The lowest BCUT2D eigenvalue weighted by Crippen LogP contribution is -2.50. The van der Waals surface area contributed by atoms with Gasteiger partial charge in [-0.2, -0.15) is 0 Å². The van der Waals surface area contributed by atoms with Crippen LogP contribution in [0.3, 0.4) is 0 Å². The third-order valence-corrected chi connectivity index (χ3v) is 5.10. The summed E-state index contributed by atoms with van der Waals surface area (Å²) in [7, 11) is 0. The summed E-state index contributed by atoms with van der Waals surface area (Å²) in [5.74, 6) is 0.297. The van der Waals surface area contributed by atoms with Crippen LogP contribution in [0, 0.1) is 3.57 Å². The largest absolute Gasteiger partial charge is 0.484 e. The molecule has 0 aliphatic carbocycles. The minimum absolute atomic E-state index is 0.0964. The third-order valence-electron chi connectivity index (χ3n) is 4.38. The van der Waals surface area contributed by atoms with Crippen LogP contribution in [-0.4, -0.2) is 42.5 Å². The van der Waals surface area contributed by atoms with Crippen molar-refractivity contribution in [1.29, 1.82) is 0 Å². The molecule has 0 bridgehead atoms. The Morgan fingerprint density at radius 1 is 1.11 bits per heavy atom. The Morgan fingerprint density at radius 2 is 1.79 bits per heavy atom. The molecule has 2 rings (SSSR count). The quantitative estimate of drug-likeness (QED) is 0.513. The van der Waals surface area contributed by atoms with Gasteiger partial charge in [-0.15, -0.1) is 0 Å². The van der Waals surface area contributed by atoms with Gasteiger partial charge in [-0.05, 0) is 72.2 Å². The van der Waals surface area contributed by atoms with E-state index in [9.17, 15) is 9.59 Å². The molecule has 6 heteroatoms. The summed E-state index contributed by atoms with van der Waals surface area (Å²) in [5, 5.41) is 2.87. The lowest BCUT2D eigenvalue weighted by Gasteiger charge is -2.28. The molecule has 0 spiro atoms. The summed E-state index contributed by atoms with van der Waals surface area (Å²) in [6.45, 7) is 4.72. The molecule has 2 amide bonds. The van der Waals surface area contributed by atoms with Crippen LogP contribution in [0.15, 0.2) is 54.6 Å². The fourth-order valence-corrected chi connectivity index (χ4v) is 3.08. The maximum absolute atomic E-state index is 12.8. The van der Waals surface area contributed by atoms with Crippen molar-refractivity contribution in [3.8, 4) is 5.75 Å². The summed E-state index contributed by atoms with van der Waals surface area (Å²) < 4.78 is 6.74. The van der Waals surface area contributed by atoms with Crippen LogP contribution in [-0.2, 0) is 16.0 Å². The first-order valence-corrected chi connectivity index (χ1v) is 10.6. The van der Waals surface area contributed by atoms with Gasteiger partial charge in [0.05, 0.1) is 0 Å². The number of nitrogens with one attached hydrogen (secondary N) is 1. The zero-order chi connectivity index (χ0) is 20.4. The molecule has 1 N–H and O–H groups in total. The van der Waals surface area contributed by atoms with E-state index in [0.29, 0.717) is 25.3 Å². The predicted molar refractivity (Wildman–Crippen MR) is 119 cm³/mol. The van der Waals surface area contributed by atoms with Crippen LogP contribution in [0.2, 0.25) is 0 Å². The average molecular weight is 494 g/mol. The van der Waals surface area contributed by atoms with Gasteiger partial charge in [0.15, 0.2) is 6.61 Å². The van der Waals surface area contributed by atoms with Gasteiger partial charge in [-0.3, -0.25) is 9.59 Å². The maximum atomic E-state index is 12.8. The van der Waals surface area contributed by atoms with Crippen LogP contribution >= 0.6 is 22.6 Å². The van der Waals surface area contributed by atoms with Gasteiger partial charge in [0.2, 0.25) is 5.91 Å². The first-order valence-electron chi connectivity index (χ1n) is 9.50. The van der Waals surface area contributed by atoms with Crippen molar-refractivity contribution in [3.63, 3.8) is 0 Å². The van der Waals surface area contributed by atoms with Gasteiger partial charge in [-0.25, -0.2) is 0 Å². The van der Waals surface area contributed by atoms with Crippen LogP contribution in [0.4, 0.5) is 0 Å². The second kappa shape index (κ2) is 11.7. The van der Waals surface area contributed by atoms with Crippen molar-refractivity contribution in [2.75, 3.05) is 19.7 Å². The third kappa shape index (κ3) is 7.14. The van der Waals surface area contributed by atoms with Crippen molar-refractivity contribution in [2.45, 2.75) is 32.7 Å². The average Bonchev–Trinajstić information content (AvgIpc) is 2.72. The van der Waals surface area contributed by atoms with E-state index in [2.05, 4.69) is 27.9 Å². The Morgan fingerprint density at radius 3 is 2.43 bits per heavy atom. The second-order valence-corrected chi connectivity index (χ2v) is 7.78. The normalized spacial score (nSPS) is 11.5. The number of hydrogen-bond donors (Lipinski definition) is 1. The molecule has 150 valence electrons. The first-order chi connectivity index (χ1) is 13.5. The molecule has 0 heterocycles. The molecular formula is C22H27IN2O3. The van der Waals surface area contributed by atoms with E-state index in [4.69, 9.17) is 4.74 Å². The molecule has 28 heavy (non-hydrogen) atoms. The van der Waals surface area contributed by atoms with Gasteiger partial charge in [0, 0.05) is 16.7 Å². The summed E-state index contributed by atoms with van der Waals surface area (Å²) in [6.07, 6.45) is 1.54. The van der Waals surface area contributed by atoms with Crippen molar-refractivity contribution in [1.82, 2.24) is 10.2 Å². The lowest BCUT2D eigenvalue weighted by molar-refractivity contribution is -0.141. The van der Waals surface area contributed by atoms with Crippen LogP contribution in [0.5, 0.6) is 5.75 Å². The van der Waals surface area contributed by atoms with E-state index in [1.807, 2.05) is 61.5 Å². The monoisotopic (exact) mass is 494 g/mol. The number of halogens is 1. The highest BCUT2D eigenvalue weighted by molar-refractivity contribution is 14.1. The predicted octanol–water partition coefficient (Wildman–Crippen LogP) is 3.66. The summed E-state index contributed by atoms with van der Waals surface area (Å²) in [5.41, 5.74) is 1.13. The number of carbonyl (C=O) groups excluding carboxylic acids is 2. The Bertz CT molecular complexity index is 750. The standard InChI is InChI=1S/C22H27IN2O3/c1-3-14-24-22(27)17(2)25(15-13-18-7-5-4-6-8-18)21(26)16-28-20-11-9-19(23)10-12-20/h4-12,17H,3,13-16H2,1-2H3,(H,24,27)/t17-/m1/s1. The summed E-state index contributed by atoms with van der Waals surface area (Å²) in [4.78, 5) is 26.9. The molecular weight excluding hydrogens is 467 g/mol. The van der Waals surface area contributed by atoms with E-state index in [1.54, 1.807) is 11.8 Å². The van der Waals surface area contributed by atoms with Gasteiger partial charge >= 0.3 is 0 Å². The van der Waals surface area contributed by atoms with Gasteiger partial charge in [0.1, 0.15) is 11.8 Å². The SMILES string of the molecule is CCCNC(=O)[C@@H](C)N(CCc1ccccc1)C(=O)COc1ccc(I)cc1. The van der Waals surface area contributed by atoms with E-state index in [-0.39, 0.29) is 18.4 Å². The number of carbonyl (C=O) groups is 2. The minimum atomic E-state index is -0.553. The van der Waals surface area contributed by atoms with Crippen LogP contribution < -0.4 is 10.1 Å². The highest BCUT2D eigenvalue weighted by Crippen LogP contribution is 2.14. The molecule has 0 fully saturated rings. The summed E-state index contributed by atoms with van der Waals surface area (Å²) in [6, 6.07) is 16.9. The van der Waals surface area contributed by atoms with E-state index >= 15 is 0 Å². The Labute approximate surface area is 180 Å². The number of hydrogen-bond acceptors (Lipinski definition) is 3. The van der Waals surface area contributed by atoms with Crippen LogP contribution in [0.25, 0.3) is 0 Å². The molecule has 1 atom stereocenters. The Balaban J connectivity index is 2.03. The van der Waals surface area contributed by atoms with Crippen molar-refractivity contribution >= 4 is 34.4 Å². The van der Waals surface area contributed by atoms with Crippen molar-refractivity contribution in [2.24, 2.45) is 0 Å². The fraction of sp³-hybridized carbons (Fsp3) is 0.364. The smallest absolute Gasteiger partial charge is 0.261 e. The maximum Gasteiger partial charge on any atom is 0.261 e. The zero-order valence-corrected chi connectivity index (χ0v) is 18.5. The second-order valence-electron chi connectivity index (χ2n) is 6.53. The molecule has 0 aromatic heterocycles. The van der Waals surface area contributed by atoms with Crippen molar-refractivity contribution < 1.29 is 14.3 Å². The van der Waals surface area contributed by atoms with Gasteiger partial charge < -0.3 is 15.0 Å². The molecule has 0 unspecified atom stereocenters. The van der Waals surface area contributed by atoms with E-state index < -0.39 is 6.04 Å². The number of amides is 2. The lowest BCUT2D eigenvalue weighted by atomic mass is 10.1. The minimum Gasteiger partial charge on any atom is -0.484 e. The first kappa shape index (κ1) is 22.2. The van der Waals surface area contributed by atoms with Crippen molar-refractivity contribution in [3.05, 3.63) is 63.7 Å². The number of ether oxygens (including phenoxy) is 1. The molecule has 5 nitrogen and oxygen atoms in total. The molecule has 0 radical (unpaired) electrons. The summed E-state index contributed by atoms with van der Waals surface area (Å²) >= 11 is 2.22. The van der Waals surface area contributed by atoms with Crippen LogP contribution in [0.1, 0.15) is 25.8 Å². The number of nitrogens with zero attached hydrogens (tertiary/aromatic N) is 1. The van der Waals surface area contributed by atoms with Gasteiger partial charge in [-0.1, -0.05) is 37.3 Å². The van der Waals surface area contributed by atoms with E-state index in [1.165, 1.54) is 0 Å². The zero-order valence-electron chi connectivity index (χ0n) is 16.4. The topological polar surface area (TPSA) is 58.6 Å². The number of benzene rings is 2. The van der Waals surface area contributed by atoms with E-state index in [0.717, 1.165) is 15.6 Å². The molecule has 0 aliphatic heterocycles. The Kier molecular flexibility index (Phi) is 9.27. The fourth-order valence-electron chi connectivity index (χ4n) is 2.72. The molecule has 0 aliphatic rings. The molecule has 0 saturated heterocycles. The van der Waals surface area contributed by atoms with Gasteiger partial charge in [0.25, 0.3) is 5.91 Å². The Hall–Kier alpha value is -2.09.